The molecule has 5 nitrogen and oxygen atoms in total. The summed E-state index contributed by atoms with van der Waals surface area (Å²) in [6.45, 7) is 4.68. The molecule has 0 aliphatic carbocycles. The van der Waals surface area contributed by atoms with E-state index in [0.717, 1.165) is 0 Å². The van der Waals surface area contributed by atoms with Crippen LogP contribution < -0.4 is 0 Å². The van der Waals surface area contributed by atoms with E-state index in [4.69, 9.17) is 11.6 Å². The normalized spacial score (nSPS) is 19.6. The highest BCUT2D eigenvalue weighted by Crippen LogP contribution is 2.20. The van der Waals surface area contributed by atoms with Gasteiger partial charge in [0.25, 0.3) is 0 Å². The van der Waals surface area contributed by atoms with Gasteiger partial charge in [-0.2, -0.15) is 4.31 Å². The SMILES string of the molecule is CCC(O)CN1CCN(S(=O)(=O)c2cccc(Cl)c2)CC1. The molecule has 1 fully saturated rings. The molecule has 0 bridgehead atoms. The van der Waals surface area contributed by atoms with Gasteiger partial charge in [-0.3, -0.25) is 4.90 Å². The number of halogens is 1. The second-order valence-electron chi connectivity index (χ2n) is 5.22. The summed E-state index contributed by atoms with van der Waals surface area (Å²) in [5, 5.41) is 10.1. The third-order valence-corrected chi connectivity index (χ3v) is 5.84. The van der Waals surface area contributed by atoms with Gasteiger partial charge < -0.3 is 5.11 Å². The Kier molecular flexibility index (Phi) is 5.62. The molecule has 1 unspecified atom stereocenters. The van der Waals surface area contributed by atoms with Crippen molar-refractivity contribution in [2.45, 2.75) is 24.3 Å². The van der Waals surface area contributed by atoms with Crippen LogP contribution in [-0.4, -0.2) is 61.6 Å². The van der Waals surface area contributed by atoms with Gasteiger partial charge in [0.2, 0.25) is 10.0 Å². The van der Waals surface area contributed by atoms with Crippen LogP contribution in [0.2, 0.25) is 5.02 Å². The number of sulfonamides is 1. The van der Waals surface area contributed by atoms with E-state index in [9.17, 15) is 13.5 Å². The molecule has 0 spiro atoms. The van der Waals surface area contributed by atoms with Crippen LogP contribution in [0.5, 0.6) is 0 Å². The molecule has 1 heterocycles. The number of hydrogen-bond donors (Lipinski definition) is 1. The molecule has 1 atom stereocenters. The zero-order valence-electron chi connectivity index (χ0n) is 12.1. The monoisotopic (exact) mass is 332 g/mol. The van der Waals surface area contributed by atoms with E-state index in [1.54, 1.807) is 18.2 Å². The Balaban J connectivity index is 2.01. The molecule has 0 radical (unpaired) electrons. The summed E-state index contributed by atoms with van der Waals surface area (Å²) in [6, 6.07) is 6.34. The van der Waals surface area contributed by atoms with Crippen molar-refractivity contribution in [1.29, 1.82) is 0 Å². The fourth-order valence-corrected chi connectivity index (χ4v) is 4.08. The number of benzene rings is 1. The lowest BCUT2D eigenvalue weighted by Gasteiger charge is -2.34. The van der Waals surface area contributed by atoms with Crippen LogP contribution in [0.15, 0.2) is 29.2 Å². The van der Waals surface area contributed by atoms with E-state index in [1.807, 2.05) is 6.92 Å². The van der Waals surface area contributed by atoms with Gasteiger partial charge in [-0.1, -0.05) is 24.6 Å². The van der Waals surface area contributed by atoms with E-state index < -0.39 is 10.0 Å². The fraction of sp³-hybridized carbons (Fsp3) is 0.571. The molecule has 1 N–H and O–H groups in total. The quantitative estimate of drug-likeness (QED) is 0.886. The number of nitrogens with zero attached hydrogens (tertiary/aromatic N) is 2. The van der Waals surface area contributed by atoms with Crippen LogP contribution in [0, 0.1) is 0 Å². The van der Waals surface area contributed by atoms with Gasteiger partial charge in [-0.05, 0) is 24.6 Å². The molecule has 1 aromatic carbocycles. The summed E-state index contributed by atoms with van der Waals surface area (Å²) in [5.41, 5.74) is 0. The maximum atomic E-state index is 12.5. The van der Waals surface area contributed by atoms with Crippen molar-refractivity contribution in [2.24, 2.45) is 0 Å². The van der Waals surface area contributed by atoms with Crippen LogP contribution in [-0.2, 0) is 10.0 Å². The molecule has 1 saturated heterocycles. The van der Waals surface area contributed by atoms with Crippen molar-refractivity contribution in [3.63, 3.8) is 0 Å². The summed E-state index contributed by atoms with van der Waals surface area (Å²) in [4.78, 5) is 2.33. The van der Waals surface area contributed by atoms with E-state index >= 15 is 0 Å². The second-order valence-corrected chi connectivity index (χ2v) is 7.60. The largest absolute Gasteiger partial charge is 0.392 e. The zero-order valence-corrected chi connectivity index (χ0v) is 13.6. The Labute approximate surface area is 131 Å². The van der Waals surface area contributed by atoms with Gasteiger partial charge >= 0.3 is 0 Å². The highest BCUT2D eigenvalue weighted by atomic mass is 35.5. The first kappa shape index (κ1) is 16.7. The van der Waals surface area contributed by atoms with Gasteiger partial charge in [0.05, 0.1) is 11.0 Å². The predicted octanol–water partition coefficient (Wildman–Crippen LogP) is 1.42. The summed E-state index contributed by atoms with van der Waals surface area (Å²) in [5.74, 6) is 0. The van der Waals surface area contributed by atoms with E-state index in [1.165, 1.54) is 10.4 Å². The first-order valence-corrected chi connectivity index (χ1v) is 8.91. The van der Waals surface area contributed by atoms with E-state index in [-0.39, 0.29) is 11.0 Å². The Hall–Kier alpha value is -0.660. The van der Waals surface area contributed by atoms with Crippen molar-refractivity contribution in [1.82, 2.24) is 9.21 Å². The summed E-state index contributed by atoms with van der Waals surface area (Å²) in [6.07, 6.45) is 0.363. The molecular weight excluding hydrogens is 312 g/mol. The molecule has 1 aromatic rings. The molecule has 1 aliphatic rings. The lowest BCUT2D eigenvalue weighted by molar-refractivity contribution is 0.0896. The lowest BCUT2D eigenvalue weighted by Crippen LogP contribution is -2.50. The number of hydrogen-bond acceptors (Lipinski definition) is 4. The molecule has 118 valence electrons. The molecule has 0 amide bonds. The summed E-state index contributed by atoms with van der Waals surface area (Å²) >= 11 is 5.87. The van der Waals surface area contributed by atoms with Crippen molar-refractivity contribution in [2.75, 3.05) is 32.7 Å². The number of piperazine rings is 1. The number of β-amino-alcohol motifs (C(OH)–C–C–N with tert-alkyl or cyclic N) is 1. The second kappa shape index (κ2) is 7.07. The Bertz CT molecular complexity index is 571. The van der Waals surface area contributed by atoms with Crippen molar-refractivity contribution >= 4 is 21.6 Å². The van der Waals surface area contributed by atoms with Gasteiger partial charge in [-0.15, -0.1) is 0 Å². The van der Waals surface area contributed by atoms with Gasteiger partial charge in [-0.25, -0.2) is 8.42 Å². The van der Waals surface area contributed by atoms with Crippen LogP contribution in [0.1, 0.15) is 13.3 Å². The minimum atomic E-state index is -3.48. The maximum absolute atomic E-state index is 12.5. The minimum absolute atomic E-state index is 0.233. The molecule has 2 rings (SSSR count). The van der Waals surface area contributed by atoms with Crippen LogP contribution >= 0.6 is 11.6 Å². The standard InChI is InChI=1S/C14H21ClN2O3S/c1-2-13(18)11-16-6-8-17(9-7-16)21(19,20)14-5-3-4-12(15)10-14/h3-5,10,13,18H,2,6-9,11H2,1H3. The topological polar surface area (TPSA) is 60.9 Å². The first-order chi connectivity index (χ1) is 9.93. The summed E-state index contributed by atoms with van der Waals surface area (Å²) in [7, 11) is -3.48. The van der Waals surface area contributed by atoms with E-state index in [0.29, 0.717) is 44.2 Å². The fourth-order valence-electron chi connectivity index (χ4n) is 2.36. The van der Waals surface area contributed by atoms with Crippen LogP contribution in [0.4, 0.5) is 0 Å². The van der Waals surface area contributed by atoms with Crippen LogP contribution in [0.3, 0.4) is 0 Å². The summed E-state index contributed by atoms with van der Waals surface area (Å²) < 4.78 is 26.5. The molecular formula is C14H21ClN2O3S. The molecule has 7 heteroatoms. The molecule has 0 aromatic heterocycles. The van der Waals surface area contributed by atoms with Crippen molar-refractivity contribution in [3.8, 4) is 0 Å². The highest BCUT2D eigenvalue weighted by Gasteiger charge is 2.28. The molecule has 1 aliphatic heterocycles. The van der Waals surface area contributed by atoms with Gasteiger partial charge in [0.1, 0.15) is 0 Å². The number of aliphatic hydroxyl groups is 1. The molecule has 21 heavy (non-hydrogen) atoms. The zero-order chi connectivity index (χ0) is 15.5. The van der Waals surface area contributed by atoms with Gasteiger partial charge in [0, 0.05) is 37.7 Å². The Morgan fingerprint density at radius 3 is 2.52 bits per heavy atom. The van der Waals surface area contributed by atoms with Crippen LogP contribution in [0.25, 0.3) is 0 Å². The van der Waals surface area contributed by atoms with Gasteiger partial charge in [0.15, 0.2) is 0 Å². The average Bonchev–Trinajstić information content (AvgIpc) is 2.47. The number of rotatable bonds is 5. The lowest BCUT2D eigenvalue weighted by atomic mass is 10.2. The Morgan fingerprint density at radius 1 is 1.29 bits per heavy atom. The minimum Gasteiger partial charge on any atom is -0.392 e. The smallest absolute Gasteiger partial charge is 0.243 e. The maximum Gasteiger partial charge on any atom is 0.243 e. The number of aliphatic hydroxyl groups excluding tert-OH is 1. The Morgan fingerprint density at radius 2 is 1.95 bits per heavy atom. The predicted molar refractivity (Wildman–Crippen MR) is 82.9 cm³/mol. The van der Waals surface area contributed by atoms with Crippen molar-refractivity contribution in [3.05, 3.63) is 29.3 Å². The highest BCUT2D eigenvalue weighted by molar-refractivity contribution is 7.89. The first-order valence-electron chi connectivity index (χ1n) is 7.09. The van der Waals surface area contributed by atoms with E-state index in [2.05, 4.69) is 4.90 Å². The molecule has 0 saturated carbocycles. The van der Waals surface area contributed by atoms with Crippen molar-refractivity contribution < 1.29 is 13.5 Å². The third kappa shape index (κ3) is 4.17. The third-order valence-electron chi connectivity index (χ3n) is 3.71. The average molecular weight is 333 g/mol.